The third kappa shape index (κ3) is 3.34. The Kier molecular flexibility index (Phi) is 4.25. The molecule has 1 fully saturated rings. The molecule has 27 heavy (non-hydrogen) atoms. The summed E-state index contributed by atoms with van der Waals surface area (Å²) in [7, 11) is 0. The minimum atomic E-state index is -2.62. The Morgan fingerprint density at radius 1 is 1.41 bits per heavy atom. The summed E-state index contributed by atoms with van der Waals surface area (Å²) in [6.45, 7) is 2.24. The van der Waals surface area contributed by atoms with E-state index in [0.29, 0.717) is 40.6 Å². The van der Waals surface area contributed by atoms with E-state index >= 15 is 0 Å². The van der Waals surface area contributed by atoms with Gasteiger partial charge in [-0.3, -0.25) is 4.79 Å². The molecule has 0 radical (unpaired) electrons. The second-order valence-corrected chi connectivity index (χ2v) is 6.76. The van der Waals surface area contributed by atoms with Crippen LogP contribution in [0.4, 0.5) is 8.78 Å². The molecule has 0 atom stereocenters. The SMILES string of the molecule is Cc1[nH]c2cnc(-c3cc(C(F)F)ccc3OCC3CC3)nc2c1C(N)=O. The van der Waals surface area contributed by atoms with Gasteiger partial charge in [0.2, 0.25) is 0 Å². The average Bonchev–Trinajstić information content (AvgIpc) is 3.39. The number of carbonyl (C=O) groups is 1. The molecule has 2 aromatic heterocycles. The lowest BCUT2D eigenvalue weighted by Gasteiger charge is -2.12. The highest BCUT2D eigenvalue weighted by molar-refractivity contribution is 6.06. The molecule has 2 heterocycles. The predicted octanol–water partition coefficient (Wildman–Crippen LogP) is 3.76. The van der Waals surface area contributed by atoms with E-state index in [9.17, 15) is 13.6 Å². The summed E-state index contributed by atoms with van der Waals surface area (Å²) >= 11 is 0. The fourth-order valence-corrected chi connectivity index (χ4v) is 3.01. The smallest absolute Gasteiger partial charge is 0.263 e. The zero-order chi connectivity index (χ0) is 19.1. The number of hydrogen-bond donors (Lipinski definition) is 2. The Balaban J connectivity index is 1.83. The number of H-pyrrole nitrogens is 1. The number of carbonyl (C=O) groups excluding carboxylic acids is 1. The molecule has 0 saturated heterocycles. The number of primary amides is 1. The molecule has 1 saturated carbocycles. The standard InChI is InChI=1S/C19H18F2N4O2/c1-9-15(18(22)26)16-13(24-9)7-23-19(25-16)12-6-11(17(20)21)4-5-14(12)27-8-10-2-3-10/h4-7,10,17,24H,2-3,8H2,1H3,(H2,22,26). The first-order valence-electron chi connectivity index (χ1n) is 8.64. The van der Waals surface area contributed by atoms with Crippen LogP contribution in [-0.4, -0.2) is 27.5 Å². The quantitative estimate of drug-likeness (QED) is 0.689. The maximum Gasteiger partial charge on any atom is 0.263 e. The van der Waals surface area contributed by atoms with Crippen LogP contribution in [0.5, 0.6) is 5.75 Å². The number of alkyl halides is 2. The van der Waals surface area contributed by atoms with E-state index in [2.05, 4.69) is 15.0 Å². The maximum absolute atomic E-state index is 13.2. The van der Waals surface area contributed by atoms with Gasteiger partial charge in [0.05, 0.1) is 29.4 Å². The fourth-order valence-electron chi connectivity index (χ4n) is 3.01. The van der Waals surface area contributed by atoms with E-state index in [1.54, 1.807) is 6.92 Å². The van der Waals surface area contributed by atoms with Crippen LogP contribution in [0.15, 0.2) is 24.4 Å². The molecule has 1 amide bonds. The van der Waals surface area contributed by atoms with Gasteiger partial charge in [-0.25, -0.2) is 18.7 Å². The minimum absolute atomic E-state index is 0.146. The van der Waals surface area contributed by atoms with Gasteiger partial charge in [-0.05, 0) is 43.9 Å². The first kappa shape index (κ1) is 17.4. The lowest BCUT2D eigenvalue weighted by molar-refractivity contribution is 0.100. The molecule has 1 aromatic carbocycles. The number of nitrogens with two attached hydrogens (primary N) is 1. The highest BCUT2D eigenvalue weighted by Gasteiger charge is 2.24. The van der Waals surface area contributed by atoms with Crippen molar-refractivity contribution in [3.8, 4) is 17.1 Å². The van der Waals surface area contributed by atoms with Crippen molar-refractivity contribution < 1.29 is 18.3 Å². The average molecular weight is 372 g/mol. The first-order valence-corrected chi connectivity index (χ1v) is 8.64. The lowest BCUT2D eigenvalue weighted by Crippen LogP contribution is -2.12. The molecule has 0 unspecified atom stereocenters. The number of fused-ring (bicyclic) bond motifs is 1. The molecular weight excluding hydrogens is 354 g/mol. The summed E-state index contributed by atoms with van der Waals surface area (Å²) in [4.78, 5) is 23.5. The number of nitrogens with zero attached hydrogens (tertiary/aromatic N) is 2. The third-order valence-electron chi connectivity index (χ3n) is 4.64. The lowest BCUT2D eigenvalue weighted by atomic mass is 10.1. The van der Waals surface area contributed by atoms with Crippen LogP contribution >= 0.6 is 0 Å². The van der Waals surface area contributed by atoms with Crippen LogP contribution < -0.4 is 10.5 Å². The van der Waals surface area contributed by atoms with Crippen LogP contribution in [0.25, 0.3) is 22.4 Å². The number of rotatable bonds is 6. The van der Waals surface area contributed by atoms with E-state index < -0.39 is 12.3 Å². The Hall–Kier alpha value is -3.03. The molecular formula is C19H18F2N4O2. The molecule has 8 heteroatoms. The van der Waals surface area contributed by atoms with Crippen molar-refractivity contribution in [2.45, 2.75) is 26.2 Å². The molecule has 3 N–H and O–H groups in total. The molecule has 140 valence electrons. The van der Waals surface area contributed by atoms with Gasteiger partial charge in [0.25, 0.3) is 12.3 Å². The first-order chi connectivity index (χ1) is 12.9. The number of halogens is 2. The van der Waals surface area contributed by atoms with Crippen LogP contribution in [-0.2, 0) is 0 Å². The molecule has 0 aliphatic heterocycles. The van der Waals surface area contributed by atoms with Crippen molar-refractivity contribution in [3.05, 3.63) is 41.2 Å². The number of hydrogen-bond acceptors (Lipinski definition) is 4. The van der Waals surface area contributed by atoms with Crippen molar-refractivity contribution in [3.63, 3.8) is 0 Å². The summed E-state index contributed by atoms with van der Waals surface area (Å²) in [5.41, 5.74) is 7.43. The highest BCUT2D eigenvalue weighted by atomic mass is 19.3. The highest BCUT2D eigenvalue weighted by Crippen LogP contribution is 2.35. The molecule has 1 aliphatic carbocycles. The van der Waals surface area contributed by atoms with E-state index in [-0.39, 0.29) is 17.0 Å². The summed E-state index contributed by atoms with van der Waals surface area (Å²) in [6.07, 6.45) is 1.10. The molecule has 6 nitrogen and oxygen atoms in total. The van der Waals surface area contributed by atoms with Gasteiger partial charge in [-0.1, -0.05) is 0 Å². The van der Waals surface area contributed by atoms with Crippen LogP contribution in [0.3, 0.4) is 0 Å². The molecule has 0 spiro atoms. The van der Waals surface area contributed by atoms with E-state index in [1.165, 1.54) is 24.4 Å². The zero-order valence-corrected chi connectivity index (χ0v) is 14.6. The van der Waals surface area contributed by atoms with Crippen LogP contribution in [0, 0.1) is 12.8 Å². The largest absolute Gasteiger partial charge is 0.493 e. The Labute approximate surface area is 153 Å². The normalized spacial score (nSPS) is 14.1. The van der Waals surface area contributed by atoms with Crippen LogP contribution in [0.2, 0.25) is 0 Å². The monoisotopic (exact) mass is 372 g/mol. The summed E-state index contributed by atoms with van der Waals surface area (Å²) < 4.78 is 32.2. The number of aromatic nitrogens is 3. The van der Waals surface area contributed by atoms with Crippen molar-refractivity contribution in [1.29, 1.82) is 0 Å². The minimum Gasteiger partial charge on any atom is -0.493 e. The number of amides is 1. The van der Waals surface area contributed by atoms with Crippen molar-refractivity contribution in [2.24, 2.45) is 11.7 Å². The Morgan fingerprint density at radius 2 is 2.19 bits per heavy atom. The Morgan fingerprint density at radius 3 is 2.85 bits per heavy atom. The van der Waals surface area contributed by atoms with Crippen molar-refractivity contribution >= 4 is 16.9 Å². The van der Waals surface area contributed by atoms with Crippen molar-refractivity contribution in [1.82, 2.24) is 15.0 Å². The summed E-state index contributed by atoms with van der Waals surface area (Å²) in [5.74, 6) is 0.538. The van der Waals surface area contributed by atoms with Gasteiger partial charge in [0.15, 0.2) is 5.82 Å². The Bertz CT molecular complexity index is 1030. The van der Waals surface area contributed by atoms with E-state index in [0.717, 1.165) is 12.8 Å². The topological polar surface area (TPSA) is 93.9 Å². The van der Waals surface area contributed by atoms with E-state index in [1.807, 2.05) is 0 Å². The van der Waals surface area contributed by atoms with Crippen molar-refractivity contribution in [2.75, 3.05) is 6.61 Å². The van der Waals surface area contributed by atoms with Gasteiger partial charge in [-0.15, -0.1) is 0 Å². The van der Waals surface area contributed by atoms with Gasteiger partial charge in [0.1, 0.15) is 11.3 Å². The molecule has 4 rings (SSSR count). The van der Waals surface area contributed by atoms with Gasteiger partial charge in [0, 0.05) is 11.3 Å². The molecule has 3 aromatic rings. The summed E-state index contributed by atoms with van der Waals surface area (Å²) in [5, 5.41) is 0. The predicted molar refractivity (Wildman–Crippen MR) is 95.8 cm³/mol. The summed E-state index contributed by atoms with van der Waals surface area (Å²) in [6, 6.07) is 4.19. The maximum atomic E-state index is 13.2. The van der Waals surface area contributed by atoms with Crippen LogP contribution in [0.1, 0.15) is 40.9 Å². The number of aromatic amines is 1. The van der Waals surface area contributed by atoms with Gasteiger partial charge >= 0.3 is 0 Å². The number of nitrogens with one attached hydrogen (secondary N) is 1. The second kappa shape index (κ2) is 6.61. The second-order valence-electron chi connectivity index (χ2n) is 6.76. The van der Waals surface area contributed by atoms with Gasteiger partial charge in [-0.2, -0.15) is 0 Å². The third-order valence-corrected chi connectivity index (χ3v) is 4.64. The van der Waals surface area contributed by atoms with E-state index in [4.69, 9.17) is 10.5 Å². The molecule has 1 aliphatic rings. The zero-order valence-electron chi connectivity index (χ0n) is 14.6. The van der Waals surface area contributed by atoms with Gasteiger partial charge < -0.3 is 15.5 Å². The molecule has 0 bridgehead atoms. The number of benzene rings is 1. The fraction of sp³-hybridized carbons (Fsp3) is 0.316. The number of aryl methyl sites for hydroxylation is 1. The number of ether oxygens (including phenoxy) is 1.